The smallest absolute Gasteiger partial charge is 0.303 e. The van der Waals surface area contributed by atoms with Crippen LogP contribution in [0.15, 0.2) is 91.0 Å². The normalized spacial score (nSPS) is 26.8. The number of benzene rings is 3. The fourth-order valence-electron chi connectivity index (χ4n) is 10.2. The van der Waals surface area contributed by atoms with Crippen LogP contribution >= 0.6 is 0 Å². The van der Waals surface area contributed by atoms with Gasteiger partial charge in [0.2, 0.25) is 0 Å². The van der Waals surface area contributed by atoms with Crippen molar-refractivity contribution in [3.8, 4) is 0 Å². The molecule has 6 rings (SSSR count). The van der Waals surface area contributed by atoms with Gasteiger partial charge in [-0.05, 0) is 29.5 Å². The van der Waals surface area contributed by atoms with Crippen LogP contribution in [0.25, 0.3) is 0 Å². The molecule has 0 radical (unpaired) electrons. The van der Waals surface area contributed by atoms with Gasteiger partial charge in [0.1, 0.15) is 43.2 Å². The zero-order valence-corrected chi connectivity index (χ0v) is 50.9. The molecule has 25 nitrogen and oxygen atoms in total. The number of carbonyl (C=O) groups is 8. The number of ether oxygens (including phenoxy) is 17. The minimum absolute atomic E-state index is 0.0572. The molecule has 0 spiro atoms. The molecule has 0 N–H and O–H groups in total. The van der Waals surface area contributed by atoms with Gasteiger partial charge in [0, 0.05) is 62.0 Å². The SMILES string of the molecule is CC(=O)OCCCCCCCCO[C@H]1O[C@H](CO[C@@H]2O[C@H](CO[C@@H]3O[C@H](COC(C)=O)[C@@H](OC(C)=O)[C@H](OC(C)=O)[C@H]3OC(C)=O)[C@@H](OC(C)=O)[C@H](OC(C)=O)[C@H]2OC(C)=O)[C@@H](OCc2ccccc2)[C@H](OCc2ccccc2)[C@H]1OCc1ccccc1. The van der Waals surface area contributed by atoms with Gasteiger partial charge in [-0.2, -0.15) is 0 Å². The Hall–Kier alpha value is -6.94. The topological polar surface area (TPSA) is 293 Å². The third-order valence-corrected chi connectivity index (χ3v) is 13.9. The maximum absolute atomic E-state index is 13.1. The minimum Gasteiger partial charge on any atom is -0.466 e. The average molecular weight is 1240 g/mol. The summed E-state index contributed by atoms with van der Waals surface area (Å²) in [7, 11) is 0. The van der Waals surface area contributed by atoms with Crippen molar-refractivity contribution in [2.24, 2.45) is 0 Å². The molecular formula is C63H82O25. The first-order valence-electron chi connectivity index (χ1n) is 29.3. The zero-order chi connectivity index (χ0) is 63.5. The van der Waals surface area contributed by atoms with Crippen LogP contribution in [0.3, 0.4) is 0 Å². The Labute approximate surface area is 511 Å². The maximum Gasteiger partial charge on any atom is 0.303 e. The van der Waals surface area contributed by atoms with E-state index in [1.807, 2.05) is 91.0 Å². The molecule has 15 atom stereocenters. The van der Waals surface area contributed by atoms with E-state index < -0.39 is 154 Å². The number of unbranched alkanes of at least 4 members (excludes halogenated alkanes) is 5. The number of hydrogen-bond acceptors (Lipinski definition) is 25. The van der Waals surface area contributed by atoms with Crippen LogP contribution in [-0.2, 0) is 139 Å². The summed E-state index contributed by atoms with van der Waals surface area (Å²) < 4.78 is 104. The van der Waals surface area contributed by atoms with E-state index in [-0.39, 0.29) is 32.4 Å². The average Bonchev–Trinajstić information content (AvgIpc) is 1.54. The van der Waals surface area contributed by atoms with Crippen LogP contribution in [-0.4, -0.2) is 173 Å². The van der Waals surface area contributed by atoms with Crippen molar-refractivity contribution in [3.05, 3.63) is 108 Å². The van der Waals surface area contributed by atoms with Gasteiger partial charge in [0.15, 0.2) is 55.5 Å². The fourth-order valence-corrected chi connectivity index (χ4v) is 10.2. The molecule has 3 saturated heterocycles. The molecule has 88 heavy (non-hydrogen) atoms. The van der Waals surface area contributed by atoms with E-state index in [4.69, 9.17) is 80.5 Å². The van der Waals surface area contributed by atoms with Crippen molar-refractivity contribution >= 4 is 47.8 Å². The molecule has 25 heteroatoms. The highest BCUT2D eigenvalue weighted by atomic mass is 16.8. The number of esters is 8. The highest BCUT2D eigenvalue weighted by Gasteiger charge is 2.57. The van der Waals surface area contributed by atoms with E-state index in [0.29, 0.717) is 13.0 Å². The summed E-state index contributed by atoms with van der Waals surface area (Å²) in [4.78, 5) is 100. The van der Waals surface area contributed by atoms with E-state index in [1.165, 1.54) is 6.92 Å². The second-order valence-corrected chi connectivity index (χ2v) is 21.2. The molecule has 0 bridgehead atoms. The van der Waals surface area contributed by atoms with Crippen LogP contribution in [0.2, 0.25) is 0 Å². The van der Waals surface area contributed by atoms with E-state index in [1.54, 1.807) is 0 Å². The molecule has 0 amide bonds. The Morgan fingerprint density at radius 1 is 0.295 bits per heavy atom. The molecule has 0 unspecified atom stereocenters. The van der Waals surface area contributed by atoms with E-state index in [2.05, 4.69) is 0 Å². The zero-order valence-electron chi connectivity index (χ0n) is 50.9. The van der Waals surface area contributed by atoms with Gasteiger partial charge in [0.25, 0.3) is 0 Å². The molecule has 3 heterocycles. The Balaban J connectivity index is 1.37. The van der Waals surface area contributed by atoms with E-state index >= 15 is 0 Å². The third kappa shape index (κ3) is 23.2. The van der Waals surface area contributed by atoms with Gasteiger partial charge < -0.3 is 80.5 Å². The molecular weight excluding hydrogens is 1160 g/mol. The first kappa shape index (κ1) is 70.2. The third-order valence-electron chi connectivity index (χ3n) is 13.9. The second-order valence-electron chi connectivity index (χ2n) is 21.2. The highest BCUT2D eigenvalue weighted by molar-refractivity contribution is 5.70. The largest absolute Gasteiger partial charge is 0.466 e. The lowest BCUT2D eigenvalue weighted by Crippen LogP contribution is -2.65. The van der Waals surface area contributed by atoms with Gasteiger partial charge in [-0.15, -0.1) is 0 Å². The van der Waals surface area contributed by atoms with Gasteiger partial charge >= 0.3 is 47.8 Å². The second kappa shape index (κ2) is 36.5. The summed E-state index contributed by atoms with van der Waals surface area (Å²) in [6.45, 7) is 8.08. The van der Waals surface area contributed by atoms with Crippen molar-refractivity contribution in [1.82, 2.24) is 0 Å². The van der Waals surface area contributed by atoms with Crippen LogP contribution in [0, 0.1) is 0 Å². The summed E-state index contributed by atoms with van der Waals surface area (Å²) in [5, 5.41) is 0. The summed E-state index contributed by atoms with van der Waals surface area (Å²) >= 11 is 0. The van der Waals surface area contributed by atoms with Gasteiger partial charge in [0.05, 0.1) is 39.6 Å². The van der Waals surface area contributed by atoms with Crippen molar-refractivity contribution < 1.29 is 119 Å². The van der Waals surface area contributed by atoms with Gasteiger partial charge in [-0.25, -0.2) is 0 Å². The molecule has 3 aliphatic heterocycles. The number of carbonyl (C=O) groups excluding carboxylic acids is 8. The summed E-state index contributed by atoms with van der Waals surface area (Å²) in [5.41, 5.74) is 2.50. The lowest BCUT2D eigenvalue weighted by Gasteiger charge is -2.47. The monoisotopic (exact) mass is 1240 g/mol. The Morgan fingerprint density at radius 3 is 1.01 bits per heavy atom. The molecule has 3 fully saturated rings. The van der Waals surface area contributed by atoms with Crippen LogP contribution in [0.1, 0.15) is 111 Å². The standard InChI is InChI=1S/C63H82O25/c1-38(64)72-30-22-11-9-10-12-23-31-73-61-58(77-34-48-28-20-15-21-29-48)55(76-33-47-26-18-14-19-27-47)52(75-32-46-24-16-13-17-25-46)49(86-61)36-78-62-60(85-45(8)71)57(83-43(6)69)54(81-41(4)67)51(88-62)37-79-63-59(84-44(7)70)56(82-42(5)68)53(80-40(3)66)50(87-63)35-74-39(2)65/h13-21,24-29,49-63H,9-12,22-23,30-37H2,1-8H3/t49-,50-,51-,52-,53-,54-,55+,56+,57+,58-,59-,60-,61+,62-,63-/m1/s1. The van der Waals surface area contributed by atoms with Crippen molar-refractivity contribution in [1.29, 1.82) is 0 Å². The molecule has 3 aliphatic rings. The van der Waals surface area contributed by atoms with Crippen LogP contribution in [0.5, 0.6) is 0 Å². The Bertz CT molecular complexity index is 2660. The van der Waals surface area contributed by atoms with Crippen molar-refractivity contribution in [2.75, 3.05) is 33.0 Å². The lowest BCUT2D eigenvalue weighted by molar-refractivity contribution is -0.351. The van der Waals surface area contributed by atoms with Gasteiger partial charge in [-0.3, -0.25) is 38.4 Å². The summed E-state index contributed by atoms with van der Waals surface area (Å²) in [5.74, 6) is -6.42. The fraction of sp³-hybridized carbons (Fsp3) is 0.587. The molecule has 0 aliphatic carbocycles. The van der Waals surface area contributed by atoms with E-state index in [9.17, 15) is 38.4 Å². The molecule has 484 valence electrons. The quantitative estimate of drug-likeness (QED) is 0.0382. The predicted octanol–water partition coefficient (Wildman–Crippen LogP) is 6.02. The first-order valence-corrected chi connectivity index (χ1v) is 29.3. The minimum atomic E-state index is -1.75. The highest BCUT2D eigenvalue weighted by Crippen LogP contribution is 2.36. The molecule has 0 saturated carbocycles. The van der Waals surface area contributed by atoms with E-state index in [0.717, 1.165) is 97.3 Å². The predicted molar refractivity (Wildman–Crippen MR) is 303 cm³/mol. The molecule has 0 aromatic heterocycles. The maximum atomic E-state index is 13.1. The van der Waals surface area contributed by atoms with Crippen molar-refractivity contribution in [3.63, 3.8) is 0 Å². The molecule has 3 aromatic carbocycles. The summed E-state index contributed by atoms with van der Waals surface area (Å²) in [6, 6.07) is 28.4. The Morgan fingerprint density at radius 2 is 0.614 bits per heavy atom. The lowest BCUT2D eigenvalue weighted by atomic mass is 9.96. The van der Waals surface area contributed by atoms with Crippen LogP contribution < -0.4 is 0 Å². The van der Waals surface area contributed by atoms with Crippen LogP contribution in [0.4, 0.5) is 0 Å². The summed E-state index contributed by atoms with van der Waals surface area (Å²) in [6.07, 6.45) is -16.5. The Kier molecular flexibility index (Phi) is 29.1. The van der Waals surface area contributed by atoms with Gasteiger partial charge in [-0.1, -0.05) is 117 Å². The van der Waals surface area contributed by atoms with Crippen molar-refractivity contribution in [2.45, 2.75) is 206 Å². The first-order chi connectivity index (χ1) is 42.3. The number of hydrogen-bond donors (Lipinski definition) is 0. The molecule has 3 aromatic rings. The number of rotatable bonds is 33.